The maximum atomic E-state index is 11.9. The number of nitrogens with one attached hydrogen (secondary N) is 1. The molecule has 1 saturated carbocycles. The Bertz CT molecular complexity index is 449. The van der Waals surface area contributed by atoms with Crippen LogP contribution >= 0.6 is 31.9 Å². The first-order valence-corrected chi connectivity index (χ1v) is 7.53. The largest absolute Gasteiger partial charge is 0.374 e. The summed E-state index contributed by atoms with van der Waals surface area (Å²) in [6.45, 7) is 2.36. The third-order valence-corrected chi connectivity index (χ3v) is 4.34. The van der Waals surface area contributed by atoms with E-state index in [4.69, 9.17) is 0 Å². The van der Waals surface area contributed by atoms with Gasteiger partial charge < -0.3 is 10.2 Å². The lowest BCUT2D eigenvalue weighted by molar-refractivity contribution is -0.128. The number of nitrogens with zero attached hydrogens (tertiary/aromatic N) is 1. The van der Waals surface area contributed by atoms with Gasteiger partial charge in [-0.25, -0.2) is 0 Å². The highest BCUT2D eigenvalue weighted by atomic mass is 79.9. The number of carbonyl (C=O) groups is 1. The van der Waals surface area contributed by atoms with Crippen molar-refractivity contribution in [1.29, 1.82) is 0 Å². The third-order valence-electron chi connectivity index (χ3n) is 3.09. The molecule has 3 nitrogen and oxygen atoms in total. The molecule has 0 atom stereocenters. The first-order chi connectivity index (χ1) is 8.49. The molecule has 0 saturated heterocycles. The van der Waals surface area contributed by atoms with Gasteiger partial charge in [0.05, 0.1) is 12.2 Å². The Kier molecular flexibility index (Phi) is 4.33. The van der Waals surface area contributed by atoms with Crippen LogP contribution in [0.1, 0.15) is 18.4 Å². The standard InChI is InChI=1S/C13H16Br2N2O/c1-8-5-10(14)13(11(15)6-8)16-7-12(18)17(2)9-3-4-9/h5-6,9,16H,3-4,7H2,1-2H3. The van der Waals surface area contributed by atoms with E-state index in [1.165, 1.54) is 5.56 Å². The van der Waals surface area contributed by atoms with Gasteiger partial charge in [-0.05, 0) is 69.3 Å². The van der Waals surface area contributed by atoms with E-state index < -0.39 is 0 Å². The molecule has 0 heterocycles. The van der Waals surface area contributed by atoms with Crippen molar-refractivity contribution in [2.24, 2.45) is 0 Å². The van der Waals surface area contributed by atoms with Crippen LogP contribution in [0, 0.1) is 6.92 Å². The molecule has 0 radical (unpaired) electrons. The van der Waals surface area contributed by atoms with E-state index in [1.807, 2.05) is 31.0 Å². The first-order valence-electron chi connectivity index (χ1n) is 5.94. The predicted octanol–water partition coefficient (Wildman–Crippen LogP) is 3.55. The van der Waals surface area contributed by atoms with Crippen LogP contribution in [0.15, 0.2) is 21.1 Å². The van der Waals surface area contributed by atoms with Gasteiger partial charge in [0, 0.05) is 22.0 Å². The fraction of sp³-hybridized carbons (Fsp3) is 0.462. The monoisotopic (exact) mass is 374 g/mol. The lowest BCUT2D eigenvalue weighted by Crippen LogP contribution is -2.33. The van der Waals surface area contributed by atoms with Gasteiger partial charge in [-0.2, -0.15) is 0 Å². The molecule has 1 aliphatic rings. The number of hydrogen-bond acceptors (Lipinski definition) is 2. The van der Waals surface area contributed by atoms with Crippen molar-refractivity contribution in [2.75, 3.05) is 18.9 Å². The predicted molar refractivity (Wildman–Crippen MR) is 80.9 cm³/mol. The molecule has 1 aliphatic carbocycles. The molecule has 1 N–H and O–H groups in total. The minimum absolute atomic E-state index is 0.136. The molecular formula is C13H16Br2N2O. The molecule has 1 fully saturated rings. The van der Waals surface area contributed by atoms with E-state index in [0.29, 0.717) is 12.6 Å². The van der Waals surface area contributed by atoms with Gasteiger partial charge in [-0.1, -0.05) is 0 Å². The second kappa shape index (κ2) is 5.61. The highest BCUT2D eigenvalue weighted by molar-refractivity contribution is 9.11. The van der Waals surface area contributed by atoms with E-state index in [2.05, 4.69) is 37.2 Å². The van der Waals surface area contributed by atoms with Gasteiger partial charge in [-0.15, -0.1) is 0 Å². The summed E-state index contributed by atoms with van der Waals surface area (Å²) < 4.78 is 1.94. The molecule has 1 aromatic carbocycles. The summed E-state index contributed by atoms with van der Waals surface area (Å²) in [6.07, 6.45) is 2.28. The summed E-state index contributed by atoms with van der Waals surface area (Å²) in [5.74, 6) is 0.136. The molecule has 0 aromatic heterocycles. The van der Waals surface area contributed by atoms with Crippen molar-refractivity contribution < 1.29 is 4.79 Å². The van der Waals surface area contributed by atoms with Crippen LogP contribution in [-0.2, 0) is 4.79 Å². The van der Waals surface area contributed by atoms with Crippen molar-refractivity contribution in [3.05, 3.63) is 26.6 Å². The molecule has 1 amide bonds. The van der Waals surface area contributed by atoms with E-state index in [9.17, 15) is 4.79 Å². The molecule has 1 aromatic rings. The molecule has 2 rings (SSSR count). The zero-order valence-corrected chi connectivity index (χ0v) is 13.6. The molecule has 5 heteroatoms. The van der Waals surface area contributed by atoms with Gasteiger partial charge in [0.1, 0.15) is 0 Å². The second-order valence-electron chi connectivity index (χ2n) is 4.69. The first kappa shape index (κ1) is 13.9. The third kappa shape index (κ3) is 3.26. The van der Waals surface area contributed by atoms with Crippen molar-refractivity contribution in [1.82, 2.24) is 4.90 Å². The second-order valence-corrected chi connectivity index (χ2v) is 6.40. The van der Waals surface area contributed by atoms with E-state index in [0.717, 1.165) is 27.5 Å². The quantitative estimate of drug-likeness (QED) is 0.872. The van der Waals surface area contributed by atoms with Gasteiger partial charge in [0.2, 0.25) is 5.91 Å². The molecule has 0 spiro atoms. The molecule has 0 bridgehead atoms. The van der Waals surface area contributed by atoms with Crippen molar-refractivity contribution in [2.45, 2.75) is 25.8 Å². The van der Waals surface area contributed by atoms with E-state index in [-0.39, 0.29) is 5.91 Å². The molecule has 0 unspecified atom stereocenters. The van der Waals surface area contributed by atoms with Crippen LogP contribution < -0.4 is 5.32 Å². The van der Waals surface area contributed by atoms with Crippen molar-refractivity contribution >= 4 is 43.5 Å². The fourth-order valence-corrected chi connectivity index (χ4v) is 3.52. The van der Waals surface area contributed by atoms with E-state index in [1.54, 1.807) is 0 Å². The van der Waals surface area contributed by atoms with Gasteiger partial charge in [0.25, 0.3) is 0 Å². The van der Waals surface area contributed by atoms with Crippen LogP contribution in [0.25, 0.3) is 0 Å². The Labute approximate surface area is 124 Å². The Balaban J connectivity index is 1.99. The average Bonchev–Trinajstić information content (AvgIpc) is 3.09. The summed E-state index contributed by atoms with van der Waals surface area (Å²) in [5, 5.41) is 3.19. The average molecular weight is 376 g/mol. The minimum atomic E-state index is 0.136. The van der Waals surface area contributed by atoms with Crippen LogP contribution in [-0.4, -0.2) is 30.4 Å². The Hall–Kier alpha value is -0.550. The number of carbonyl (C=O) groups excluding carboxylic acids is 1. The Morgan fingerprint density at radius 3 is 2.44 bits per heavy atom. The van der Waals surface area contributed by atoms with Crippen LogP contribution in [0.2, 0.25) is 0 Å². The SMILES string of the molecule is Cc1cc(Br)c(NCC(=O)N(C)C2CC2)c(Br)c1. The summed E-state index contributed by atoms with van der Waals surface area (Å²) in [7, 11) is 1.88. The number of anilines is 1. The summed E-state index contributed by atoms with van der Waals surface area (Å²) in [5.41, 5.74) is 2.10. The molecule has 18 heavy (non-hydrogen) atoms. The number of hydrogen-bond donors (Lipinski definition) is 1. The summed E-state index contributed by atoms with van der Waals surface area (Å²) in [4.78, 5) is 13.8. The fourth-order valence-electron chi connectivity index (χ4n) is 1.82. The van der Waals surface area contributed by atoms with Crippen LogP contribution in [0.4, 0.5) is 5.69 Å². The summed E-state index contributed by atoms with van der Waals surface area (Å²) >= 11 is 7.02. The van der Waals surface area contributed by atoms with Gasteiger partial charge in [-0.3, -0.25) is 4.79 Å². The van der Waals surface area contributed by atoms with Gasteiger partial charge in [0.15, 0.2) is 0 Å². The van der Waals surface area contributed by atoms with Crippen LogP contribution in [0.5, 0.6) is 0 Å². The topological polar surface area (TPSA) is 32.3 Å². The molecule has 98 valence electrons. The van der Waals surface area contributed by atoms with Crippen molar-refractivity contribution in [3.8, 4) is 0 Å². The summed E-state index contributed by atoms with van der Waals surface area (Å²) in [6, 6.07) is 4.52. The zero-order valence-electron chi connectivity index (χ0n) is 10.5. The maximum Gasteiger partial charge on any atom is 0.241 e. The van der Waals surface area contributed by atoms with Crippen LogP contribution in [0.3, 0.4) is 0 Å². The maximum absolute atomic E-state index is 11.9. The number of likely N-dealkylation sites (N-methyl/N-ethyl adjacent to an activating group) is 1. The smallest absolute Gasteiger partial charge is 0.241 e. The zero-order chi connectivity index (χ0) is 13.3. The number of rotatable bonds is 4. The number of aryl methyl sites for hydroxylation is 1. The number of halogens is 2. The highest BCUT2D eigenvalue weighted by Gasteiger charge is 2.29. The lowest BCUT2D eigenvalue weighted by Gasteiger charge is -2.18. The van der Waals surface area contributed by atoms with E-state index >= 15 is 0 Å². The van der Waals surface area contributed by atoms with Crippen molar-refractivity contribution in [3.63, 3.8) is 0 Å². The lowest BCUT2D eigenvalue weighted by atomic mass is 10.2. The Morgan fingerprint density at radius 1 is 1.39 bits per heavy atom. The normalized spacial score (nSPS) is 14.4. The Morgan fingerprint density at radius 2 is 1.94 bits per heavy atom. The number of amides is 1. The van der Waals surface area contributed by atoms with Gasteiger partial charge >= 0.3 is 0 Å². The number of benzene rings is 1. The minimum Gasteiger partial charge on any atom is -0.374 e. The highest BCUT2D eigenvalue weighted by Crippen LogP contribution is 2.32. The molecule has 0 aliphatic heterocycles. The molecular weight excluding hydrogens is 360 g/mol.